The second-order valence-electron chi connectivity index (χ2n) is 7.04. The summed E-state index contributed by atoms with van der Waals surface area (Å²) >= 11 is 0. The van der Waals surface area contributed by atoms with Crippen molar-refractivity contribution < 1.29 is 18.3 Å². The van der Waals surface area contributed by atoms with Gasteiger partial charge in [-0.2, -0.15) is 0 Å². The first-order valence-electron chi connectivity index (χ1n) is 10.0. The number of carboxylic acids is 1. The number of benzene rings is 2. The minimum atomic E-state index is -3.60. The first-order chi connectivity index (χ1) is 13.9. The van der Waals surface area contributed by atoms with Crippen molar-refractivity contribution in [3.8, 4) is 0 Å². The number of rotatable bonds is 12. The van der Waals surface area contributed by atoms with Crippen molar-refractivity contribution in [3.63, 3.8) is 0 Å². The van der Waals surface area contributed by atoms with E-state index in [0.29, 0.717) is 6.42 Å². The number of unbranched alkanes of at least 4 members (excludes halogenated alkanes) is 5. The first kappa shape index (κ1) is 22.7. The molecule has 2 aromatic carbocycles. The van der Waals surface area contributed by atoms with E-state index in [1.165, 1.54) is 6.07 Å². The zero-order valence-electron chi connectivity index (χ0n) is 16.8. The topological polar surface area (TPSA) is 83.5 Å². The van der Waals surface area contributed by atoms with Crippen molar-refractivity contribution in [2.45, 2.75) is 45.4 Å². The van der Waals surface area contributed by atoms with Crippen molar-refractivity contribution in [2.24, 2.45) is 0 Å². The summed E-state index contributed by atoms with van der Waals surface area (Å²) in [6.07, 6.45) is 9.58. The highest BCUT2D eigenvalue weighted by atomic mass is 32.2. The van der Waals surface area contributed by atoms with Gasteiger partial charge in [-0.1, -0.05) is 87.6 Å². The van der Waals surface area contributed by atoms with Gasteiger partial charge in [0.25, 0.3) is 0 Å². The minimum absolute atomic E-state index is 0.0116. The van der Waals surface area contributed by atoms with Crippen LogP contribution in [0.1, 0.15) is 66.9 Å². The molecule has 0 aliphatic rings. The first-order valence-corrected chi connectivity index (χ1v) is 11.7. The average molecular weight is 416 g/mol. The molecule has 0 aromatic heterocycles. The van der Waals surface area contributed by atoms with E-state index in [9.17, 15) is 18.3 Å². The Hall–Kier alpha value is -2.60. The fourth-order valence-corrected chi connectivity index (χ4v) is 4.17. The molecule has 0 unspecified atom stereocenters. The third-order valence-electron chi connectivity index (χ3n) is 4.57. The number of sulfonamides is 1. The van der Waals surface area contributed by atoms with Crippen LogP contribution >= 0.6 is 0 Å². The lowest BCUT2D eigenvalue weighted by atomic mass is 10.1. The fraction of sp³-hybridized carbons (Fsp3) is 0.348. The standard InChI is InChI=1S/C23H29NO4S/c1-2-3-4-5-6-10-17-29(27,28)24-22-18-20(15-16-21(22)23(25)26)14-13-19-11-8-7-9-12-19/h7-9,11-16,18,24H,2-6,10,17H2,1H3,(H,25,26)/b14-13+. The summed E-state index contributed by atoms with van der Waals surface area (Å²) < 4.78 is 27.3. The van der Waals surface area contributed by atoms with Crippen LogP contribution in [0.15, 0.2) is 48.5 Å². The molecule has 0 fully saturated rings. The summed E-state index contributed by atoms with van der Waals surface area (Å²) in [5, 5.41) is 9.40. The van der Waals surface area contributed by atoms with Crippen LogP contribution < -0.4 is 4.72 Å². The minimum Gasteiger partial charge on any atom is -0.478 e. The molecule has 2 aromatic rings. The van der Waals surface area contributed by atoms with Gasteiger partial charge in [0.2, 0.25) is 10.0 Å². The van der Waals surface area contributed by atoms with Crippen LogP contribution in [0.25, 0.3) is 12.2 Å². The number of carbonyl (C=O) groups is 1. The highest BCUT2D eigenvalue weighted by molar-refractivity contribution is 7.92. The Morgan fingerprint density at radius 2 is 1.59 bits per heavy atom. The van der Waals surface area contributed by atoms with Gasteiger partial charge in [-0.3, -0.25) is 4.72 Å². The number of anilines is 1. The maximum atomic E-state index is 12.4. The molecule has 2 N–H and O–H groups in total. The molecular formula is C23H29NO4S. The maximum absolute atomic E-state index is 12.4. The van der Waals surface area contributed by atoms with E-state index in [-0.39, 0.29) is 17.0 Å². The van der Waals surface area contributed by atoms with Gasteiger partial charge in [0.15, 0.2) is 0 Å². The molecule has 0 aliphatic heterocycles. The van der Waals surface area contributed by atoms with Gasteiger partial charge in [-0.15, -0.1) is 0 Å². The van der Waals surface area contributed by atoms with E-state index in [1.807, 2.05) is 42.5 Å². The molecule has 6 heteroatoms. The number of hydrogen-bond acceptors (Lipinski definition) is 3. The van der Waals surface area contributed by atoms with E-state index in [2.05, 4.69) is 11.6 Å². The quantitative estimate of drug-likeness (QED) is 0.346. The van der Waals surface area contributed by atoms with Crippen molar-refractivity contribution in [2.75, 3.05) is 10.5 Å². The van der Waals surface area contributed by atoms with E-state index < -0.39 is 16.0 Å². The Balaban J connectivity index is 2.08. The number of nitrogens with one attached hydrogen (secondary N) is 1. The molecule has 156 valence electrons. The van der Waals surface area contributed by atoms with E-state index in [0.717, 1.165) is 43.2 Å². The van der Waals surface area contributed by atoms with Crippen LogP contribution in [-0.2, 0) is 10.0 Å². The van der Waals surface area contributed by atoms with Crippen LogP contribution in [0.3, 0.4) is 0 Å². The Bertz CT molecular complexity index is 921. The number of hydrogen-bond donors (Lipinski definition) is 2. The summed E-state index contributed by atoms with van der Waals surface area (Å²) in [4.78, 5) is 11.5. The maximum Gasteiger partial charge on any atom is 0.337 e. The lowest BCUT2D eigenvalue weighted by molar-refractivity contribution is 0.0698. The summed E-state index contributed by atoms with van der Waals surface area (Å²) in [7, 11) is -3.60. The summed E-state index contributed by atoms with van der Waals surface area (Å²) in [5.41, 5.74) is 1.75. The van der Waals surface area contributed by atoms with Crippen LogP contribution in [0, 0.1) is 0 Å². The molecule has 0 amide bonds. The van der Waals surface area contributed by atoms with Crippen LogP contribution in [0.5, 0.6) is 0 Å². The summed E-state index contributed by atoms with van der Waals surface area (Å²) in [6, 6.07) is 14.3. The van der Waals surface area contributed by atoms with Gasteiger partial charge in [0.1, 0.15) is 0 Å². The van der Waals surface area contributed by atoms with Crippen molar-refractivity contribution >= 4 is 33.8 Å². The molecule has 0 bridgehead atoms. The monoisotopic (exact) mass is 415 g/mol. The third-order valence-corrected chi connectivity index (χ3v) is 5.93. The molecule has 5 nitrogen and oxygen atoms in total. The molecule has 2 rings (SSSR count). The van der Waals surface area contributed by atoms with Crippen molar-refractivity contribution in [3.05, 3.63) is 65.2 Å². The Morgan fingerprint density at radius 3 is 2.28 bits per heavy atom. The molecule has 0 atom stereocenters. The van der Waals surface area contributed by atoms with Gasteiger partial charge in [-0.25, -0.2) is 13.2 Å². The fourth-order valence-electron chi connectivity index (χ4n) is 2.98. The Kier molecular flexibility index (Phi) is 8.93. The molecular weight excluding hydrogens is 386 g/mol. The lowest BCUT2D eigenvalue weighted by Gasteiger charge is -2.11. The van der Waals surface area contributed by atoms with Gasteiger partial charge >= 0.3 is 5.97 Å². The van der Waals surface area contributed by atoms with E-state index in [4.69, 9.17) is 0 Å². The predicted octanol–water partition coefficient (Wildman–Crippen LogP) is 5.66. The Labute approximate surface area is 173 Å². The lowest BCUT2D eigenvalue weighted by Crippen LogP contribution is -2.18. The molecule has 0 saturated heterocycles. The van der Waals surface area contributed by atoms with Crippen LogP contribution in [0.2, 0.25) is 0 Å². The number of carboxylic acid groups (broad SMARTS) is 1. The zero-order chi connectivity index (χ0) is 21.1. The normalized spacial score (nSPS) is 11.6. The number of aromatic carboxylic acids is 1. The van der Waals surface area contributed by atoms with Gasteiger partial charge in [0.05, 0.1) is 17.0 Å². The third kappa shape index (κ3) is 8.11. The van der Waals surface area contributed by atoms with E-state index in [1.54, 1.807) is 12.1 Å². The molecule has 0 spiro atoms. The van der Waals surface area contributed by atoms with Crippen molar-refractivity contribution in [1.29, 1.82) is 0 Å². The van der Waals surface area contributed by atoms with Crippen LogP contribution in [0.4, 0.5) is 5.69 Å². The molecule has 29 heavy (non-hydrogen) atoms. The van der Waals surface area contributed by atoms with Gasteiger partial charge < -0.3 is 5.11 Å². The second kappa shape index (κ2) is 11.4. The smallest absolute Gasteiger partial charge is 0.337 e. The molecule has 0 radical (unpaired) electrons. The summed E-state index contributed by atoms with van der Waals surface area (Å²) in [6.45, 7) is 2.14. The highest BCUT2D eigenvalue weighted by Gasteiger charge is 2.16. The van der Waals surface area contributed by atoms with Crippen molar-refractivity contribution in [1.82, 2.24) is 0 Å². The zero-order valence-corrected chi connectivity index (χ0v) is 17.6. The predicted molar refractivity (Wildman–Crippen MR) is 120 cm³/mol. The van der Waals surface area contributed by atoms with E-state index >= 15 is 0 Å². The van der Waals surface area contributed by atoms with Gasteiger partial charge in [-0.05, 0) is 29.7 Å². The average Bonchev–Trinajstić information content (AvgIpc) is 2.69. The highest BCUT2D eigenvalue weighted by Crippen LogP contribution is 2.21. The SMILES string of the molecule is CCCCCCCCS(=O)(=O)Nc1cc(/C=C/c2ccccc2)ccc1C(=O)O. The summed E-state index contributed by atoms with van der Waals surface area (Å²) in [5.74, 6) is -1.18. The Morgan fingerprint density at radius 1 is 0.931 bits per heavy atom. The molecule has 0 saturated carbocycles. The molecule has 0 aliphatic carbocycles. The molecule has 0 heterocycles. The van der Waals surface area contributed by atoms with Crippen LogP contribution in [-0.4, -0.2) is 25.2 Å². The largest absolute Gasteiger partial charge is 0.478 e. The second-order valence-corrected chi connectivity index (χ2v) is 8.88. The van der Waals surface area contributed by atoms with Gasteiger partial charge in [0, 0.05) is 0 Å².